The monoisotopic (exact) mass is 288 g/mol. The van der Waals surface area contributed by atoms with Gasteiger partial charge in [0.1, 0.15) is 0 Å². The maximum atomic E-state index is 6.51. The van der Waals surface area contributed by atoms with Gasteiger partial charge >= 0.3 is 0 Å². The number of nitrogens with zero attached hydrogens (tertiary/aromatic N) is 1. The number of aromatic nitrogens is 1. The molecule has 20 heavy (non-hydrogen) atoms. The average molecular weight is 289 g/mol. The minimum Gasteiger partial charge on any atom is -0.306 e. The number of rotatable bonds is 5. The highest BCUT2D eigenvalue weighted by molar-refractivity contribution is 6.32. The third kappa shape index (κ3) is 3.20. The van der Waals surface area contributed by atoms with Crippen molar-refractivity contribution < 1.29 is 0 Å². The van der Waals surface area contributed by atoms with Crippen LogP contribution in [0.3, 0.4) is 0 Å². The molecule has 0 radical (unpaired) electrons. The van der Waals surface area contributed by atoms with Crippen molar-refractivity contribution in [2.24, 2.45) is 0 Å². The zero-order valence-corrected chi connectivity index (χ0v) is 13.0. The van der Waals surface area contributed by atoms with E-state index in [-0.39, 0.29) is 6.04 Å². The molecule has 0 amide bonds. The second kappa shape index (κ2) is 6.87. The maximum Gasteiger partial charge on any atom is 0.0609 e. The molecule has 2 rings (SSSR count). The van der Waals surface area contributed by atoms with Crippen molar-refractivity contribution in [2.75, 3.05) is 6.54 Å². The van der Waals surface area contributed by atoms with E-state index in [9.17, 15) is 0 Å². The van der Waals surface area contributed by atoms with Crippen LogP contribution in [-0.4, -0.2) is 11.5 Å². The molecule has 0 bridgehead atoms. The van der Waals surface area contributed by atoms with Crippen molar-refractivity contribution in [3.8, 4) is 0 Å². The van der Waals surface area contributed by atoms with Crippen LogP contribution in [-0.2, 0) is 0 Å². The Morgan fingerprint density at radius 3 is 2.65 bits per heavy atom. The zero-order chi connectivity index (χ0) is 14.5. The van der Waals surface area contributed by atoms with Crippen molar-refractivity contribution in [3.05, 3.63) is 63.9 Å². The molecule has 1 atom stereocenters. The van der Waals surface area contributed by atoms with Crippen molar-refractivity contribution >= 4 is 11.6 Å². The minimum absolute atomic E-state index is 0.0936. The van der Waals surface area contributed by atoms with Crippen molar-refractivity contribution in [3.63, 3.8) is 0 Å². The van der Waals surface area contributed by atoms with Crippen LogP contribution in [0, 0.1) is 13.8 Å². The van der Waals surface area contributed by atoms with Gasteiger partial charge in [0, 0.05) is 17.4 Å². The normalized spacial score (nSPS) is 12.4. The first-order valence-corrected chi connectivity index (χ1v) is 7.41. The van der Waals surface area contributed by atoms with E-state index < -0.39 is 0 Å². The van der Waals surface area contributed by atoms with E-state index in [0.29, 0.717) is 0 Å². The highest BCUT2D eigenvalue weighted by Crippen LogP contribution is 2.31. The number of benzene rings is 1. The molecule has 1 N–H and O–H groups in total. The number of pyridine rings is 1. The third-order valence-corrected chi connectivity index (χ3v) is 4.04. The Morgan fingerprint density at radius 2 is 1.95 bits per heavy atom. The molecular formula is C17H21ClN2. The molecule has 0 aliphatic carbocycles. The maximum absolute atomic E-state index is 6.51. The fraction of sp³-hybridized carbons (Fsp3) is 0.353. The molecule has 1 aromatic heterocycles. The van der Waals surface area contributed by atoms with Crippen LogP contribution in [0.4, 0.5) is 0 Å². The van der Waals surface area contributed by atoms with Crippen LogP contribution in [0.15, 0.2) is 36.7 Å². The fourth-order valence-electron chi connectivity index (χ4n) is 2.35. The lowest BCUT2D eigenvalue weighted by molar-refractivity contribution is 0.594. The van der Waals surface area contributed by atoms with Gasteiger partial charge in [-0.05, 0) is 55.1 Å². The standard InChI is InChI=1S/C17H21ClN2/c1-4-9-20-17(15-11-19-10-8-12(15)2)14-7-5-6-13(3)16(14)18/h5-8,10-11,17,20H,4,9H2,1-3H3. The molecule has 0 spiro atoms. The molecule has 0 saturated heterocycles. The highest BCUT2D eigenvalue weighted by atomic mass is 35.5. The summed E-state index contributed by atoms with van der Waals surface area (Å²) in [4.78, 5) is 4.27. The Labute approximate surface area is 126 Å². The van der Waals surface area contributed by atoms with E-state index in [0.717, 1.165) is 29.1 Å². The molecule has 2 aromatic rings. The van der Waals surface area contributed by atoms with Crippen LogP contribution in [0.5, 0.6) is 0 Å². The van der Waals surface area contributed by atoms with Gasteiger partial charge < -0.3 is 5.32 Å². The summed E-state index contributed by atoms with van der Waals surface area (Å²) >= 11 is 6.51. The zero-order valence-electron chi connectivity index (χ0n) is 12.3. The van der Waals surface area contributed by atoms with Gasteiger partial charge in [-0.25, -0.2) is 0 Å². The summed E-state index contributed by atoms with van der Waals surface area (Å²) in [5.41, 5.74) is 4.64. The Bertz CT molecular complexity index is 581. The molecule has 0 fully saturated rings. The van der Waals surface area contributed by atoms with E-state index in [1.807, 2.05) is 31.5 Å². The molecular weight excluding hydrogens is 268 g/mol. The summed E-state index contributed by atoms with van der Waals surface area (Å²) in [6, 6.07) is 8.33. The SMILES string of the molecule is CCCNC(c1cnccc1C)c1cccc(C)c1Cl. The largest absolute Gasteiger partial charge is 0.306 e. The number of hydrogen-bond acceptors (Lipinski definition) is 2. The Morgan fingerprint density at radius 1 is 1.15 bits per heavy atom. The summed E-state index contributed by atoms with van der Waals surface area (Å²) in [7, 11) is 0. The third-order valence-electron chi connectivity index (χ3n) is 3.52. The van der Waals surface area contributed by atoms with Gasteiger partial charge in [-0.2, -0.15) is 0 Å². The van der Waals surface area contributed by atoms with E-state index in [2.05, 4.69) is 36.3 Å². The van der Waals surface area contributed by atoms with Crippen LogP contribution >= 0.6 is 11.6 Å². The van der Waals surface area contributed by atoms with E-state index in [1.165, 1.54) is 11.1 Å². The van der Waals surface area contributed by atoms with Gasteiger partial charge in [-0.3, -0.25) is 4.98 Å². The van der Waals surface area contributed by atoms with Crippen LogP contribution in [0.1, 0.15) is 41.6 Å². The molecule has 0 aliphatic rings. The first-order valence-electron chi connectivity index (χ1n) is 7.04. The molecule has 1 heterocycles. The van der Waals surface area contributed by atoms with Crippen LogP contribution < -0.4 is 5.32 Å². The average Bonchev–Trinajstić information content (AvgIpc) is 2.45. The van der Waals surface area contributed by atoms with Crippen LogP contribution in [0.25, 0.3) is 0 Å². The van der Waals surface area contributed by atoms with Crippen molar-refractivity contribution in [1.29, 1.82) is 0 Å². The summed E-state index contributed by atoms with van der Waals surface area (Å²) in [5.74, 6) is 0. The molecule has 106 valence electrons. The second-order valence-corrected chi connectivity index (χ2v) is 5.48. The Balaban J connectivity index is 2.47. The minimum atomic E-state index is 0.0936. The van der Waals surface area contributed by atoms with E-state index in [4.69, 9.17) is 11.6 Å². The van der Waals surface area contributed by atoms with Crippen molar-refractivity contribution in [2.45, 2.75) is 33.2 Å². The topological polar surface area (TPSA) is 24.9 Å². The van der Waals surface area contributed by atoms with Gasteiger partial charge in [-0.1, -0.05) is 36.7 Å². The molecule has 1 aromatic carbocycles. The lowest BCUT2D eigenvalue weighted by Gasteiger charge is -2.22. The summed E-state index contributed by atoms with van der Waals surface area (Å²) in [5, 5.41) is 4.42. The number of aryl methyl sites for hydroxylation is 2. The second-order valence-electron chi connectivity index (χ2n) is 5.10. The molecule has 1 unspecified atom stereocenters. The number of halogens is 1. The van der Waals surface area contributed by atoms with E-state index >= 15 is 0 Å². The molecule has 3 heteroatoms. The highest BCUT2D eigenvalue weighted by Gasteiger charge is 2.18. The summed E-state index contributed by atoms with van der Waals surface area (Å²) in [6.45, 7) is 7.27. The lowest BCUT2D eigenvalue weighted by Crippen LogP contribution is -2.24. The summed E-state index contributed by atoms with van der Waals surface area (Å²) in [6.07, 6.45) is 4.84. The number of hydrogen-bond donors (Lipinski definition) is 1. The molecule has 2 nitrogen and oxygen atoms in total. The fourth-order valence-corrected chi connectivity index (χ4v) is 2.58. The lowest BCUT2D eigenvalue weighted by atomic mass is 9.95. The first kappa shape index (κ1) is 15.0. The predicted molar refractivity (Wildman–Crippen MR) is 85.3 cm³/mol. The quantitative estimate of drug-likeness (QED) is 0.880. The van der Waals surface area contributed by atoms with Crippen molar-refractivity contribution in [1.82, 2.24) is 10.3 Å². The predicted octanol–water partition coefficient (Wildman–Crippen LogP) is 4.44. The Kier molecular flexibility index (Phi) is 5.16. The summed E-state index contributed by atoms with van der Waals surface area (Å²) < 4.78 is 0. The first-order chi connectivity index (χ1) is 9.65. The van der Waals surface area contributed by atoms with Gasteiger partial charge in [0.2, 0.25) is 0 Å². The van der Waals surface area contributed by atoms with Crippen LogP contribution in [0.2, 0.25) is 5.02 Å². The van der Waals surface area contributed by atoms with E-state index in [1.54, 1.807) is 0 Å². The Hall–Kier alpha value is -1.38. The van der Waals surface area contributed by atoms with Gasteiger partial charge in [0.05, 0.1) is 6.04 Å². The number of nitrogens with one attached hydrogen (secondary N) is 1. The van der Waals surface area contributed by atoms with Gasteiger partial charge in [-0.15, -0.1) is 0 Å². The smallest absolute Gasteiger partial charge is 0.0609 e. The molecule has 0 aliphatic heterocycles. The van der Waals surface area contributed by atoms with Gasteiger partial charge in [0.15, 0.2) is 0 Å². The van der Waals surface area contributed by atoms with Gasteiger partial charge in [0.25, 0.3) is 0 Å². The molecule has 0 saturated carbocycles.